The van der Waals surface area contributed by atoms with Gasteiger partial charge >= 0.3 is 0 Å². The van der Waals surface area contributed by atoms with Gasteiger partial charge in [-0.15, -0.1) is 0 Å². The van der Waals surface area contributed by atoms with Crippen LogP contribution < -0.4 is 15.5 Å². The number of fused-ring (bicyclic) bond motifs is 2. The molecule has 3 heterocycles. The number of nitrogens with one attached hydrogen (secondary N) is 2. The number of amides is 1. The van der Waals surface area contributed by atoms with Gasteiger partial charge in [-0.05, 0) is 37.0 Å². The summed E-state index contributed by atoms with van der Waals surface area (Å²) in [6.45, 7) is 2.75. The van der Waals surface area contributed by atoms with Gasteiger partial charge in [-0.2, -0.15) is 10.4 Å². The van der Waals surface area contributed by atoms with Gasteiger partial charge in [0.05, 0.1) is 18.3 Å². The van der Waals surface area contributed by atoms with Gasteiger partial charge in [0.15, 0.2) is 17.7 Å². The van der Waals surface area contributed by atoms with E-state index in [-0.39, 0.29) is 11.9 Å². The van der Waals surface area contributed by atoms with E-state index < -0.39 is 0 Å². The molecule has 1 amide bonds. The van der Waals surface area contributed by atoms with Crippen molar-refractivity contribution >= 4 is 29.0 Å². The lowest BCUT2D eigenvalue weighted by Crippen LogP contribution is -2.40. The van der Waals surface area contributed by atoms with Crippen LogP contribution in [-0.2, 0) is 11.2 Å². The Morgan fingerprint density at radius 1 is 1.36 bits per heavy atom. The number of amidine groups is 2. The number of hydrazone groups is 1. The third-order valence-corrected chi connectivity index (χ3v) is 5.38. The van der Waals surface area contributed by atoms with Crippen molar-refractivity contribution in [1.29, 1.82) is 5.26 Å². The molecule has 8 heteroatoms. The summed E-state index contributed by atoms with van der Waals surface area (Å²) in [5.41, 5.74) is 3.90. The van der Waals surface area contributed by atoms with E-state index in [0.717, 1.165) is 48.7 Å². The van der Waals surface area contributed by atoms with Crippen LogP contribution in [0.25, 0.3) is 0 Å². The average molecular weight is 375 g/mol. The zero-order chi connectivity index (χ0) is 19.3. The maximum Gasteiger partial charge on any atom is 0.223 e. The van der Waals surface area contributed by atoms with Gasteiger partial charge in [0.25, 0.3) is 0 Å². The molecule has 142 valence electrons. The second-order valence-electron chi connectivity index (χ2n) is 7.50. The van der Waals surface area contributed by atoms with E-state index >= 15 is 0 Å². The normalized spacial score (nSPS) is 22.6. The Kier molecular flexibility index (Phi) is 3.83. The van der Waals surface area contributed by atoms with Crippen LogP contribution >= 0.6 is 0 Å². The number of rotatable bonds is 3. The van der Waals surface area contributed by atoms with Crippen LogP contribution in [0.5, 0.6) is 0 Å². The SMILES string of the molecule is CC(=O)N1CCc2ccc(NC3=NN4C(=NCC4C#N)C(NC4CC4)=C3)cc21. The first-order chi connectivity index (χ1) is 13.6. The maximum absolute atomic E-state index is 11.9. The number of carbonyl (C=O) groups excluding carboxylic acids is 1. The van der Waals surface area contributed by atoms with Crippen LogP contribution in [0, 0.1) is 11.3 Å². The molecule has 1 aromatic rings. The van der Waals surface area contributed by atoms with Crippen LogP contribution in [0.4, 0.5) is 11.4 Å². The van der Waals surface area contributed by atoms with E-state index in [9.17, 15) is 10.1 Å². The number of nitriles is 1. The Bertz CT molecular complexity index is 983. The molecule has 1 atom stereocenters. The Labute approximate surface area is 163 Å². The number of carbonyl (C=O) groups is 1. The van der Waals surface area contributed by atoms with Crippen molar-refractivity contribution in [3.8, 4) is 6.07 Å². The van der Waals surface area contributed by atoms with Crippen molar-refractivity contribution in [2.24, 2.45) is 10.1 Å². The first-order valence-electron chi connectivity index (χ1n) is 9.61. The Morgan fingerprint density at radius 3 is 2.96 bits per heavy atom. The molecule has 1 aromatic carbocycles. The summed E-state index contributed by atoms with van der Waals surface area (Å²) < 4.78 is 0. The summed E-state index contributed by atoms with van der Waals surface area (Å²) in [5, 5.41) is 22.6. The number of anilines is 2. The highest BCUT2D eigenvalue weighted by atomic mass is 16.2. The minimum atomic E-state index is -0.385. The molecule has 2 N–H and O–H groups in total. The van der Waals surface area contributed by atoms with E-state index in [1.807, 2.05) is 18.2 Å². The third-order valence-electron chi connectivity index (χ3n) is 5.38. The quantitative estimate of drug-likeness (QED) is 0.836. The van der Waals surface area contributed by atoms with E-state index in [2.05, 4.69) is 32.9 Å². The van der Waals surface area contributed by atoms with Crippen LogP contribution in [0.2, 0.25) is 0 Å². The number of benzene rings is 1. The van der Waals surface area contributed by atoms with Gasteiger partial charge < -0.3 is 15.5 Å². The predicted molar refractivity (Wildman–Crippen MR) is 107 cm³/mol. The molecule has 3 aliphatic heterocycles. The molecule has 5 rings (SSSR count). The van der Waals surface area contributed by atoms with E-state index in [1.165, 1.54) is 5.56 Å². The van der Waals surface area contributed by atoms with Gasteiger partial charge in [0, 0.05) is 37.0 Å². The zero-order valence-corrected chi connectivity index (χ0v) is 15.6. The summed E-state index contributed by atoms with van der Waals surface area (Å²) in [6.07, 6.45) is 5.13. The molecule has 1 fully saturated rings. The standard InChI is InChI=1S/C20H21N7O/c1-12(28)26-7-6-13-2-3-15(8-18(13)26)24-19-9-17(23-14-4-5-14)20-22-11-16(10-21)27(20)25-19/h2-3,8-9,14,16,23H,4-7,11H2,1H3,(H,24,25). The molecule has 0 aromatic heterocycles. The highest BCUT2D eigenvalue weighted by Crippen LogP contribution is 2.31. The summed E-state index contributed by atoms with van der Waals surface area (Å²) in [5.74, 6) is 1.44. The summed E-state index contributed by atoms with van der Waals surface area (Å²) in [6, 6.07) is 8.40. The molecule has 8 nitrogen and oxygen atoms in total. The minimum absolute atomic E-state index is 0.0523. The van der Waals surface area contributed by atoms with Crippen molar-refractivity contribution in [2.45, 2.75) is 38.3 Å². The maximum atomic E-state index is 11.9. The van der Waals surface area contributed by atoms with Gasteiger partial charge in [-0.1, -0.05) is 6.07 Å². The Morgan fingerprint density at radius 2 is 2.21 bits per heavy atom. The van der Waals surface area contributed by atoms with E-state index in [4.69, 9.17) is 0 Å². The smallest absolute Gasteiger partial charge is 0.223 e. The zero-order valence-electron chi connectivity index (χ0n) is 15.6. The first-order valence-corrected chi connectivity index (χ1v) is 9.61. The predicted octanol–water partition coefficient (Wildman–Crippen LogP) is 1.58. The second kappa shape index (κ2) is 6.37. The lowest BCUT2D eigenvalue weighted by molar-refractivity contribution is -0.116. The summed E-state index contributed by atoms with van der Waals surface area (Å²) in [7, 11) is 0. The van der Waals surface area contributed by atoms with Crippen LogP contribution in [0.3, 0.4) is 0 Å². The van der Waals surface area contributed by atoms with Crippen molar-refractivity contribution in [2.75, 3.05) is 23.3 Å². The molecule has 1 saturated carbocycles. The van der Waals surface area contributed by atoms with Crippen molar-refractivity contribution < 1.29 is 4.79 Å². The van der Waals surface area contributed by atoms with Crippen LogP contribution in [-0.4, -0.2) is 47.8 Å². The lowest BCUT2D eigenvalue weighted by Gasteiger charge is -2.26. The number of hydrogen-bond acceptors (Lipinski definition) is 7. The molecule has 0 saturated heterocycles. The number of hydrogen-bond donors (Lipinski definition) is 2. The second-order valence-corrected chi connectivity index (χ2v) is 7.50. The van der Waals surface area contributed by atoms with Crippen molar-refractivity contribution in [3.05, 3.63) is 35.5 Å². The van der Waals surface area contributed by atoms with Crippen molar-refractivity contribution in [3.63, 3.8) is 0 Å². The first kappa shape index (κ1) is 16.8. The summed E-state index contributed by atoms with van der Waals surface area (Å²) >= 11 is 0. The van der Waals surface area contributed by atoms with Gasteiger partial charge in [0.2, 0.25) is 5.91 Å². The molecule has 0 bridgehead atoms. The molecule has 0 radical (unpaired) electrons. The molecule has 1 unspecified atom stereocenters. The third kappa shape index (κ3) is 2.89. The van der Waals surface area contributed by atoms with E-state index in [1.54, 1.807) is 16.8 Å². The molecule has 1 aliphatic carbocycles. The fourth-order valence-electron chi connectivity index (χ4n) is 3.78. The topological polar surface area (TPSA) is 96.1 Å². The summed E-state index contributed by atoms with van der Waals surface area (Å²) in [4.78, 5) is 18.2. The highest BCUT2D eigenvalue weighted by molar-refractivity contribution is 6.14. The highest BCUT2D eigenvalue weighted by Gasteiger charge is 2.35. The average Bonchev–Trinajstić information content (AvgIpc) is 3.24. The van der Waals surface area contributed by atoms with E-state index in [0.29, 0.717) is 18.4 Å². The van der Waals surface area contributed by atoms with Crippen molar-refractivity contribution in [1.82, 2.24) is 10.3 Å². The van der Waals surface area contributed by atoms with Gasteiger partial charge in [-0.3, -0.25) is 9.79 Å². The fraction of sp³-hybridized carbons (Fsp3) is 0.400. The molecule has 28 heavy (non-hydrogen) atoms. The van der Waals surface area contributed by atoms with Crippen LogP contribution in [0.15, 0.2) is 40.1 Å². The van der Waals surface area contributed by atoms with Gasteiger partial charge in [0.1, 0.15) is 0 Å². The minimum Gasteiger partial charge on any atom is -0.379 e. The van der Waals surface area contributed by atoms with Gasteiger partial charge in [-0.25, -0.2) is 5.01 Å². The monoisotopic (exact) mass is 375 g/mol. The molecule has 0 spiro atoms. The Balaban J connectivity index is 1.43. The number of aliphatic imine (C=N–C) groups is 1. The number of nitrogens with zero attached hydrogens (tertiary/aromatic N) is 5. The largest absolute Gasteiger partial charge is 0.379 e. The molecular formula is C20H21N7O. The molecule has 4 aliphatic rings. The fourth-order valence-corrected chi connectivity index (χ4v) is 3.78. The lowest BCUT2D eigenvalue weighted by atomic mass is 10.1. The Hall–Kier alpha value is -3.34. The molecular weight excluding hydrogens is 354 g/mol. The van der Waals surface area contributed by atoms with Crippen LogP contribution in [0.1, 0.15) is 25.3 Å².